The highest BCUT2D eigenvalue weighted by Crippen LogP contribution is 2.40. The van der Waals surface area contributed by atoms with E-state index in [1.54, 1.807) is 0 Å². The van der Waals surface area contributed by atoms with Crippen LogP contribution in [-0.4, -0.2) is 0 Å². The highest BCUT2D eigenvalue weighted by Gasteiger charge is 2.17. The number of benzene rings is 6. The molecule has 0 unspecified atom stereocenters. The van der Waals surface area contributed by atoms with Crippen molar-refractivity contribution in [2.45, 2.75) is 20.8 Å². The normalized spacial score (nSPS) is 10.9. The van der Waals surface area contributed by atoms with Gasteiger partial charge in [0.1, 0.15) is 0 Å². The summed E-state index contributed by atoms with van der Waals surface area (Å²) >= 11 is 12.5. The molecule has 0 bridgehead atoms. The minimum Gasteiger partial charge on any atom is -0.310 e. The van der Waals surface area contributed by atoms with E-state index in [0.29, 0.717) is 0 Å². The molecule has 2 nitrogen and oxygen atoms in total. The maximum absolute atomic E-state index is 6.24. The van der Waals surface area contributed by atoms with Crippen LogP contribution in [0.25, 0.3) is 11.1 Å². The molecule has 0 amide bonds. The lowest BCUT2D eigenvalue weighted by Gasteiger charge is -2.28. The Kier molecular flexibility index (Phi) is 8.24. The molecule has 0 spiro atoms. The van der Waals surface area contributed by atoms with Gasteiger partial charge < -0.3 is 9.80 Å². The van der Waals surface area contributed by atoms with Gasteiger partial charge >= 0.3 is 0 Å². The van der Waals surface area contributed by atoms with Crippen LogP contribution in [-0.2, 0) is 0 Å². The van der Waals surface area contributed by atoms with Crippen LogP contribution in [0.1, 0.15) is 16.7 Å². The van der Waals surface area contributed by atoms with Crippen LogP contribution in [0.15, 0.2) is 140 Å². The fraction of sp³-hybridized carbons (Fsp3) is 0.0769. The average Bonchev–Trinajstić information content (AvgIpc) is 3.01. The first kappa shape index (κ1) is 28.6. The molecule has 0 aliphatic heterocycles. The van der Waals surface area contributed by atoms with Crippen LogP contribution < -0.4 is 9.80 Å². The quantitative estimate of drug-likeness (QED) is 0.180. The van der Waals surface area contributed by atoms with Crippen molar-refractivity contribution in [1.82, 2.24) is 0 Å². The van der Waals surface area contributed by atoms with Gasteiger partial charge in [0.25, 0.3) is 0 Å². The molecule has 6 aromatic carbocycles. The highest BCUT2D eigenvalue weighted by atomic mass is 35.5. The lowest BCUT2D eigenvalue weighted by Crippen LogP contribution is -2.11. The maximum Gasteiger partial charge on any atom is 0.0491 e. The standard InChI is InChI=1S/C39H32Cl2N2/c1-27-6-4-8-37(24-27)42(35-19-13-32(40)14-20-35)34-17-10-30(11-18-34)31-12-23-39(29(3)26-31)43(36-21-15-33(41)16-22-36)38-9-5-7-28(2)25-38/h4-26H,1-3H3. The molecule has 6 aromatic rings. The van der Waals surface area contributed by atoms with Gasteiger partial charge in [0, 0.05) is 44.2 Å². The summed E-state index contributed by atoms with van der Waals surface area (Å²) in [5.74, 6) is 0. The van der Waals surface area contributed by atoms with Gasteiger partial charge in [-0.1, -0.05) is 65.7 Å². The van der Waals surface area contributed by atoms with E-state index in [-0.39, 0.29) is 0 Å². The van der Waals surface area contributed by atoms with Crippen LogP contribution >= 0.6 is 23.2 Å². The molecule has 0 aliphatic carbocycles. The number of anilines is 6. The Morgan fingerprint density at radius 2 is 0.837 bits per heavy atom. The third-order valence-corrected chi connectivity index (χ3v) is 8.09. The van der Waals surface area contributed by atoms with Gasteiger partial charge in [-0.2, -0.15) is 0 Å². The predicted molar refractivity (Wildman–Crippen MR) is 185 cm³/mol. The number of rotatable bonds is 7. The van der Waals surface area contributed by atoms with Gasteiger partial charge in [0.2, 0.25) is 0 Å². The Morgan fingerprint density at radius 3 is 1.33 bits per heavy atom. The van der Waals surface area contributed by atoms with Gasteiger partial charge in [-0.3, -0.25) is 0 Å². The minimum atomic E-state index is 0.721. The molecule has 0 N–H and O–H groups in total. The summed E-state index contributed by atoms with van der Waals surface area (Å²) in [7, 11) is 0. The summed E-state index contributed by atoms with van der Waals surface area (Å²) in [5, 5.41) is 1.44. The van der Waals surface area contributed by atoms with E-state index in [2.05, 4.69) is 146 Å². The summed E-state index contributed by atoms with van der Waals surface area (Å²) < 4.78 is 0. The second-order valence-corrected chi connectivity index (χ2v) is 11.7. The van der Waals surface area contributed by atoms with Crippen molar-refractivity contribution in [1.29, 1.82) is 0 Å². The zero-order valence-electron chi connectivity index (χ0n) is 24.4. The summed E-state index contributed by atoms with van der Waals surface area (Å²) in [6.07, 6.45) is 0. The summed E-state index contributed by atoms with van der Waals surface area (Å²) in [6, 6.07) is 48.5. The van der Waals surface area contributed by atoms with Crippen LogP contribution in [0.3, 0.4) is 0 Å². The Hall–Kier alpha value is -4.50. The average molecular weight is 600 g/mol. The lowest BCUT2D eigenvalue weighted by molar-refractivity contribution is 1.24. The van der Waals surface area contributed by atoms with E-state index in [0.717, 1.165) is 49.7 Å². The van der Waals surface area contributed by atoms with Gasteiger partial charge in [-0.25, -0.2) is 0 Å². The molecule has 6 rings (SSSR count). The smallest absolute Gasteiger partial charge is 0.0491 e. The second kappa shape index (κ2) is 12.4. The van der Waals surface area contributed by atoms with Crippen LogP contribution in [0.4, 0.5) is 34.1 Å². The molecular weight excluding hydrogens is 567 g/mol. The first-order valence-electron chi connectivity index (χ1n) is 14.3. The van der Waals surface area contributed by atoms with E-state index < -0.39 is 0 Å². The SMILES string of the molecule is Cc1cccc(N(c2ccc(Cl)cc2)c2ccc(-c3ccc(N(c4ccc(Cl)cc4)c4cccc(C)c4)c(C)c3)cc2)c1. The van der Waals surface area contributed by atoms with Crippen LogP contribution in [0.2, 0.25) is 10.0 Å². The third-order valence-electron chi connectivity index (χ3n) is 7.59. The highest BCUT2D eigenvalue weighted by molar-refractivity contribution is 6.31. The maximum atomic E-state index is 6.24. The van der Waals surface area contributed by atoms with E-state index in [9.17, 15) is 0 Å². The first-order valence-corrected chi connectivity index (χ1v) is 15.1. The molecular formula is C39H32Cl2N2. The van der Waals surface area contributed by atoms with Crippen molar-refractivity contribution in [2.24, 2.45) is 0 Å². The van der Waals surface area contributed by atoms with E-state index in [1.165, 1.54) is 22.3 Å². The van der Waals surface area contributed by atoms with Crippen molar-refractivity contribution < 1.29 is 0 Å². The Balaban J connectivity index is 1.36. The van der Waals surface area contributed by atoms with Crippen molar-refractivity contribution in [3.8, 4) is 11.1 Å². The summed E-state index contributed by atoms with van der Waals surface area (Å²) in [4.78, 5) is 4.55. The largest absolute Gasteiger partial charge is 0.310 e. The predicted octanol–water partition coefficient (Wildman–Crippen LogP) is 12.5. The van der Waals surface area contributed by atoms with Crippen molar-refractivity contribution >= 4 is 57.3 Å². The fourth-order valence-corrected chi connectivity index (χ4v) is 5.73. The number of hydrogen-bond acceptors (Lipinski definition) is 2. The van der Waals surface area contributed by atoms with Crippen molar-refractivity contribution in [3.05, 3.63) is 166 Å². The Bertz CT molecular complexity index is 1860. The summed E-state index contributed by atoms with van der Waals surface area (Å²) in [5.41, 5.74) is 12.5. The Labute approximate surface area is 264 Å². The van der Waals surface area contributed by atoms with Gasteiger partial charge in [-0.15, -0.1) is 0 Å². The zero-order chi connectivity index (χ0) is 29.9. The van der Waals surface area contributed by atoms with E-state index in [1.807, 2.05) is 24.3 Å². The summed E-state index contributed by atoms with van der Waals surface area (Å²) in [6.45, 7) is 6.41. The van der Waals surface area contributed by atoms with Gasteiger partial charge in [-0.05, 0) is 146 Å². The zero-order valence-corrected chi connectivity index (χ0v) is 25.9. The molecule has 212 valence electrons. The van der Waals surface area contributed by atoms with Crippen molar-refractivity contribution in [3.63, 3.8) is 0 Å². The number of hydrogen-bond donors (Lipinski definition) is 0. The fourth-order valence-electron chi connectivity index (χ4n) is 5.48. The number of nitrogens with zero attached hydrogens (tertiary/aromatic N) is 2. The topological polar surface area (TPSA) is 6.48 Å². The molecule has 0 saturated carbocycles. The Morgan fingerprint density at radius 1 is 0.395 bits per heavy atom. The third kappa shape index (κ3) is 6.32. The molecule has 4 heteroatoms. The van der Waals surface area contributed by atoms with Crippen molar-refractivity contribution in [2.75, 3.05) is 9.80 Å². The van der Waals surface area contributed by atoms with Crippen LogP contribution in [0, 0.1) is 20.8 Å². The van der Waals surface area contributed by atoms with E-state index >= 15 is 0 Å². The molecule has 0 aliphatic rings. The van der Waals surface area contributed by atoms with E-state index in [4.69, 9.17) is 23.2 Å². The molecule has 0 radical (unpaired) electrons. The lowest BCUT2D eigenvalue weighted by atomic mass is 10.0. The number of aryl methyl sites for hydroxylation is 3. The van der Waals surface area contributed by atoms with Gasteiger partial charge in [0.15, 0.2) is 0 Å². The molecule has 0 saturated heterocycles. The second-order valence-electron chi connectivity index (χ2n) is 10.8. The van der Waals surface area contributed by atoms with Gasteiger partial charge in [0.05, 0.1) is 0 Å². The molecule has 0 fully saturated rings. The molecule has 43 heavy (non-hydrogen) atoms. The van der Waals surface area contributed by atoms with Crippen LogP contribution in [0.5, 0.6) is 0 Å². The molecule has 0 heterocycles. The first-order chi connectivity index (χ1) is 20.9. The monoisotopic (exact) mass is 598 g/mol. The minimum absolute atomic E-state index is 0.721. The number of halogens is 2. The molecule has 0 atom stereocenters. The molecule has 0 aromatic heterocycles.